The highest BCUT2D eigenvalue weighted by Crippen LogP contribution is 2.23. The van der Waals surface area contributed by atoms with Gasteiger partial charge < -0.3 is 0 Å². The van der Waals surface area contributed by atoms with Crippen LogP contribution in [0.4, 0.5) is 4.39 Å². The Kier molecular flexibility index (Phi) is 7.30. The van der Waals surface area contributed by atoms with Crippen molar-refractivity contribution in [2.75, 3.05) is 0 Å². The average Bonchev–Trinajstić information content (AvgIpc) is 2.75. The molecule has 29 heavy (non-hydrogen) atoms. The van der Waals surface area contributed by atoms with Crippen molar-refractivity contribution in [3.63, 3.8) is 0 Å². The normalized spacial score (nSPS) is 11.4. The molecule has 3 rings (SSSR count). The Morgan fingerprint density at radius 1 is 0.966 bits per heavy atom. The molecule has 0 saturated carbocycles. The summed E-state index contributed by atoms with van der Waals surface area (Å²) < 4.78 is 12.8. The first-order valence-electron chi connectivity index (χ1n) is 9.91. The van der Waals surface area contributed by atoms with Crippen molar-refractivity contribution in [3.05, 3.63) is 84.7 Å². The molecule has 1 aromatic heterocycles. The lowest BCUT2D eigenvalue weighted by molar-refractivity contribution is 0.336. The third kappa shape index (κ3) is 6.12. The highest BCUT2D eigenvalue weighted by Gasteiger charge is 2.03. The Balaban J connectivity index is 1.64. The zero-order valence-corrected chi connectivity index (χ0v) is 16.7. The molecule has 0 bridgehead atoms. The number of allylic oxidation sites excluding steroid dienone is 1. The van der Waals surface area contributed by atoms with Gasteiger partial charge in [-0.2, -0.15) is 0 Å². The van der Waals surface area contributed by atoms with Gasteiger partial charge in [0.2, 0.25) is 0 Å². The van der Waals surface area contributed by atoms with Gasteiger partial charge in [-0.25, -0.2) is 14.4 Å². The van der Waals surface area contributed by atoms with Crippen molar-refractivity contribution >= 4 is 0 Å². The maximum absolute atomic E-state index is 12.8. The maximum Gasteiger partial charge on any atom is 0.159 e. The lowest BCUT2D eigenvalue weighted by atomic mass is 10.0. The first-order chi connectivity index (χ1) is 14.2. The van der Waals surface area contributed by atoms with Crippen molar-refractivity contribution < 1.29 is 4.39 Å². The molecule has 0 spiro atoms. The number of hydrogen-bond acceptors (Lipinski definition) is 2. The average molecular weight is 384 g/mol. The summed E-state index contributed by atoms with van der Waals surface area (Å²) >= 11 is 0. The lowest BCUT2D eigenvalue weighted by Gasteiger charge is -2.05. The van der Waals surface area contributed by atoms with E-state index in [1.54, 1.807) is 19.3 Å². The Morgan fingerprint density at radius 3 is 2.14 bits per heavy atom. The van der Waals surface area contributed by atoms with E-state index in [2.05, 4.69) is 64.8 Å². The Labute approximate surface area is 172 Å². The zero-order chi connectivity index (χ0) is 20.5. The molecule has 3 heteroatoms. The number of unbranched alkanes of at least 4 members (excludes halogenated alkanes) is 1. The second kappa shape index (κ2) is 10.3. The van der Waals surface area contributed by atoms with Gasteiger partial charge >= 0.3 is 0 Å². The predicted molar refractivity (Wildman–Crippen MR) is 118 cm³/mol. The molecule has 146 valence electrons. The number of nitrogens with zero attached hydrogens (tertiary/aromatic N) is 2. The smallest absolute Gasteiger partial charge is 0.159 e. The van der Waals surface area contributed by atoms with Crippen molar-refractivity contribution in [1.82, 2.24) is 9.97 Å². The number of hydrogen-bond donors (Lipinski definition) is 0. The van der Waals surface area contributed by atoms with Gasteiger partial charge in [-0.05, 0) is 42.9 Å². The molecular weight excluding hydrogens is 359 g/mol. The minimum Gasteiger partial charge on any atom is -0.248 e. The highest BCUT2D eigenvalue weighted by molar-refractivity contribution is 5.68. The van der Waals surface area contributed by atoms with Crippen molar-refractivity contribution in [2.45, 2.75) is 38.8 Å². The summed E-state index contributed by atoms with van der Waals surface area (Å²) in [5.41, 5.74) is 5.34. The summed E-state index contributed by atoms with van der Waals surface area (Å²) in [4.78, 5) is 8.86. The monoisotopic (exact) mass is 384 g/mol. The fourth-order valence-corrected chi connectivity index (χ4v) is 2.99. The number of aromatic nitrogens is 2. The van der Waals surface area contributed by atoms with Gasteiger partial charge in [0.15, 0.2) is 5.82 Å². The summed E-state index contributed by atoms with van der Waals surface area (Å²) in [5, 5.41) is 0. The molecule has 1 unspecified atom stereocenters. The molecule has 0 saturated heterocycles. The van der Waals surface area contributed by atoms with Gasteiger partial charge in [-0.3, -0.25) is 0 Å². The van der Waals surface area contributed by atoms with Crippen LogP contribution in [0.1, 0.15) is 37.3 Å². The SMILES string of the molecule is C=CCc1ccc(-c2ccc(-c3ncc(C#CCCCC(C)F)cn3)cc2)cc1. The number of alkyl halides is 1. The van der Waals surface area contributed by atoms with Crippen LogP contribution in [0.15, 0.2) is 73.6 Å². The van der Waals surface area contributed by atoms with E-state index in [4.69, 9.17) is 0 Å². The van der Waals surface area contributed by atoms with E-state index < -0.39 is 6.17 Å². The fraction of sp³-hybridized carbons (Fsp3) is 0.231. The molecule has 0 radical (unpaired) electrons. The van der Waals surface area contributed by atoms with Crippen LogP contribution in [0, 0.1) is 11.8 Å². The summed E-state index contributed by atoms with van der Waals surface area (Å²) in [7, 11) is 0. The first-order valence-corrected chi connectivity index (χ1v) is 9.91. The van der Waals surface area contributed by atoms with E-state index in [0.29, 0.717) is 18.7 Å². The van der Waals surface area contributed by atoms with Gasteiger partial charge in [-0.15, -0.1) is 6.58 Å². The van der Waals surface area contributed by atoms with E-state index in [-0.39, 0.29) is 0 Å². The van der Waals surface area contributed by atoms with Crippen LogP contribution < -0.4 is 0 Å². The van der Waals surface area contributed by atoms with Gasteiger partial charge in [0, 0.05) is 24.4 Å². The Morgan fingerprint density at radius 2 is 1.55 bits per heavy atom. The standard InChI is InChI=1S/C26H25FN2/c1-3-7-21-10-12-23(13-11-21)24-14-16-25(17-15-24)26-28-18-22(19-29-26)9-6-4-5-8-20(2)27/h3,10-20H,1,4-5,7-8H2,2H3. The van der Waals surface area contributed by atoms with Crippen LogP contribution in [0.25, 0.3) is 22.5 Å². The predicted octanol–water partition coefficient (Wildman–Crippen LogP) is 6.42. The van der Waals surface area contributed by atoms with E-state index in [1.807, 2.05) is 18.2 Å². The van der Waals surface area contributed by atoms with Crippen molar-refractivity contribution in [2.24, 2.45) is 0 Å². The molecule has 3 aromatic rings. The van der Waals surface area contributed by atoms with Crippen LogP contribution in [0.5, 0.6) is 0 Å². The van der Waals surface area contributed by atoms with Crippen LogP contribution in [-0.4, -0.2) is 16.1 Å². The Bertz CT molecular complexity index is 976. The summed E-state index contributed by atoms with van der Waals surface area (Å²) in [6.07, 6.45) is 7.51. The van der Waals surface area contributed by atoms with E-state index in [1.165, 1.54) is 11.1 Å². The largest absolute Gasteiger partial charge is 0.248 e. The molecule has 1 heterocycles. The summed E-state index contributed by atoms with van der Waals surface area (Å²) in [6, 6.07) is 16.8. The quantitative estimate of drug-likeness (QED) is 0.267. The fourth-order valence-electron chi connectivity index (χ4n) is 2.99. The van der Waals surface area contributed by atoms with Crippen LogP contribution >= 0.6 is 0 Å². The second-order valence-corrected chi connectivity index (χ2v) is 7.04. The summed E-state index contributed by atoms with van der Waals surface area (Å²) in [5.74, 6) is 6.76. The molecule has 0 fully saturated rings. The van der Waals surface area contributed by atoms with Gasteiger partial charge in [-0.1, -0.05) is 66.4 Å². The zero-order valence-electron chi connectivity index (χ0n) is 16.7. The number of rotatable bonds is 7. The van der Waals surface area contributed by atoms with Gasteiger partial charge in [0.05, 0.1) is 11.7 Å². The van der Waals surface area contributed by atoms with Crippen molar-refractivity contribution in [1.29, 1.82) is 0 Å². The molecule has 0 N–H and O–H groups in total. The van der Waals surface area contributed by atoms with E-state index >= 15 is 0 Å². The first kappa shape index (κ1) is 20.5. The molecule has 0 amide bonds. The molecule has 0 aliphatic rings. The molecular formula is C26H25FN2. The minimum absolute atomic E-state index is 0.555. The number of halogens is 1. The van der Waals surface area contributed by atoms with Crippen molar-refractivity contribution in [3.8, 4) is 34.4 Å². The summed E-state index contributed by atoms with van der Waals surface area (Å²) in [6.45, 7) is 5.35. The van der Waals surface area contributed by atoms with Crippen LogP contribution in [-0.2, 0) is 6.42 Å². The van der Waals surface area contributed by atoms with Crippen LogP contribution in [0.2, 0.25) is 0 Å². The van der Waals surface area contributed by atoms with Gasteiger partial charge in [0.1, 0.15) is 0 Å². The maximum atomic E-state index is 12.8. The Hall–Kier alpha value is -3.25. The third-order valence-electron chi connectivity index (χ3n) is 4.60. The van der Waals surface area contributed by atoms with E-state index in [0.717, 1.165) is 29.5 Å². The molecule has 0 aliphatic heterocycles. The second-order valence-electron chi connectivity index (χ2n) is 7.04. The van der Waals surface area contributed by atoms with Gasteiger partial charge in [0.25, 0.3) is 0 Å². The molecule has 2 nitrogen and oxygen atoms in total. The third-order valence-corrected chi connectivity index (χ3v) is 4.60. The highest BCUT2D eigenvalue weighted by atomic mass is 19.1. The molecule has 1 atom stereocenters. The molecule has 0 aliphatic carbocycles. The topological polar surface area (TPSA) is 25.8 Å². The number of benzene rings is 2. The van der Waals surface area contributed by atoms with Crippen LogP contribution in [0.3, 0.4) is 0 Å². The molecule has 2 aromatic carbocycles. The van der Waals surface area contributed by atoms with E-state index in [9.17, 15) is 4.39 Å². The minimum atomic E-state index is -0.762. The lowest BCUT2D eigenvalue weighted by Crippen LogP contribution is -1.91.